The molecule has 4 rings (SSSR count). The summed E-state index contributed by atoms with van der Waals surface area (Å²) in [4.78, 5) is 19.9. The lowest BCUT2D eigenvalue weighted by atomic mass is 10.0. The van der Waals surface area contributed by atoms with Crippen LogP contribution in [-0.2, 0) is 0 Å². The molecule has 1 amide bonds. The van der Waals surface area contributed by atoms with E-state index in [-0.39, 0.29) is 18.6 Å². The standard InChI is InChI=1S/C22H22N2O3/c1-27-17-9-10-20-18(12-17)19(22(26)24-11-5-8-16(24)14-25)13-21(23-20)15-6-3-2-4-7-15/h2-4,6-7,9-10,12-13,16,25H,5,8,11,14H2,1H3/t16-/m1/s1. The highest BCUT2D eigenvalue weighted by molar-refractivity contribution is 6.07. The maximum atomic E-state index is 13.4. The Morgan fingerprint density at radius 2 is 2.04 bits per heavy atom. The van der Waals surface area contributed by atoms with Crippen LogP contribution in [0.2, 0.25) is 0 Å². The SMILES string of the molecule is COc1ccc2nc(-c3ccccc3)cc(C(=O)N3CCC[C@@H]3CO)c2c1. The van der Waals surface area contributed by atoms with Gasteiger partial charge >= 0.3 is 0 Å². The summed E-state index contributed by atoms with van der Waals surface area (Å²) in [5, 5.41) is 10.4. The molecular weight excluding hydrogens is 340 g/mol. The second kappa shape index (κ2) is 7.37. The smallest absolute Gasteiger partial charge is 0.254 e. The number of pyridine rings is 1. The summed E-state index contributed by atoms with van der Waals surface area (Å²) in [6, 6.07) is 17.2. The van der Waals surface area contributed by atoms with Crippen LogP contribution in [0.3, 0.4) is 0 Å². The van der Waals surface area contributed by atoms with Crippen molar-refractivity contribution < 1.29 is 14.6 Å². The van der Waals surface area contributed by atoms with Crippen molar-refractivity contribution in [2.24, 2.45) is 0 Å². The van der Waals surface area contributed by atoms with E-state index < -0.39 is 0 Å². The van der Waals surface area contributed by atoms with Crippen LogP contribution in [-0.4, -0.2) is 47.2 Å². The molecule has 3 aromatic rings. The van der Waals surface area contributed by atoms with Crippen molar-refractivity contribution in [3.05, 3.63) is 60.2 Å². The molecule has 1 aliphatic heterocycles. The Morgan fingerprint density at radius 3 is 2.78 bits per heavy atom. The van der Waals surface area contributed by atoms with Crippen LogP contribution < -0.4 is 4.74 Å². The molecule has 1 aromatic heterocycles. The Bertz CT molecular complexity index is 972. The molecular formula is C22H22N2O3. The zero-order chi connectivity index (χ0) is 18.8. The summed E-state index contributed by atoms with van der Waals surface area (Å²) in [6.07, 6.45) is 1.75. The van der Waals surface area contributed by atoms with Crippen LogP contribution in [0.5, 0.6) is 5.75 Å². The third-order valence-electron chi connectivity index (χ3n) is 5.16. The molecule has 0 spiro atoms. The monoisotopic (exact) mass is 362 g/mol. The summed E-state index contributed by atoms with van der Waals surface area (Å²) in [5.74, 6) is 0.621. The van der Waals surface area contributed by atoms with Crippen LogP contribution in [0.15, 0.2) is 54.6 Å². The van der Waals surface area contributed by atoms with Crippen LogP contribution in [0.1, 0.15) is 23.2 Å². The Morgan fingerprint density at radius 1 is 1.22 bits per heavy atom. The summed E-state index contributed by atoms with van der Waals surface area (Å²) < 4.78 is 5.35. The van der Waals surface area contributed by atoms with Gasteiger partial charge in [0.25, 0.3) is 5.91 Å². The molecule has 2 aromatic carbocycles. The molecule has 0 bridgehead atoms. The number of aliphatic hydroxyl groups excluding tert-OH is 1. The topological polar surface area (TPSA) is 62.7 Å². The minimum Gasteiger partial charge on any atom is -0.497 e. The Hall–Kier alpha value is -2.92. The first-order valence-electron chi connectivity index (χ1n) is 9.17. The van der Waals surface area contributed by atoms with Crippen molar-refractivity contribution in [2.45, 2.75) is 18.9 Å². The fraction of sp³-hybridized carbons (Fsp3) is 0.273. The maximum Gasteiger partial charge on any atom is 0.254 e. The van der Waals surface area contributed by atoms with Crippen molar-refractivity contribution >= 4 is 16.8 Å². The Labute approximate surface area is 158 Å². The van der Waals surface area contributed by atoms with Gasteiger partial charge in [-0.2, -0.15) is 0 Å². The van der Waals surface area contributed by atoms with Gasteiger partial charge in [0.2, 0.25) is 0 Å². The Kier molecular flexibility index (Phi) is 4.77. The first-order chi connectivity index (χ1) is 13.2. The molecule has 2 heterocycles. The van der Waals surface area contributed by atoms with Crippen LogP contribution >= 0.6 is 0 Å². The molecule has 5 heteroatoms. The van der Waals surface area contributed by atoms with Crippen LogP contribution in [0.4, 0.5) is 0 Å². The van der Waals surface area contributed by atoms with Gasteiger partial charge in [-0.15, -0.1) is 0 Å². The van der Waals surface area contributed by atoms with Gasteiger partial charge in [-0.25, -0.2) is 4.98 Å². The number of ether oxygens (including phenoxy) is 1. The Balaban J connectivity index is 1.89. The number of hydrogen-bond donors (Lipinski definition) is 1. The van der Waals surface area contributed by atoms with Gasteiger partial charge in [0.05, 0.1) is 36.5 Å². The molecule has 1 fully saturated rings. The predicted molar refractivity (Wildman–Crippen MR) is 105 cm³/mol. The molecule has 1 saturated heterocycles. The second-order valence-corrected chi connectivity index (χ2v) is 6.78. The quantitative estimate of drug-likeness (QED) is 0.771. The maximum absolute atomic E-state index is 13.4. The molecule has 138 valence electrons. The minimum atomic E-state index is -0.119. The third kappa shape index (κ3) is 3.26. The number of amides is 1. The number of fused-ring (bicyclic) bond motifs is 1. The van der Waals surface area contributed by atoms with Gasteiger partial charge in [-0.05, 0) is 37.1 Å². The summed E-state index contributed by atoms with van der Waals surface area (Å²) in [7, 11) is 1.61. The van der Waals surface area contributed by atoms with E-state index in [1.165, 1.54) is 0 Å². The van der Waals surface area contributed by atoms with Gasteiger partial charge in [-0.1, -0.05) is 30.3 Å². The lowest BCUT2D eigenvalue weighted by Gasteiger charge is -2.24. The van der Waals surface area contributed by atoms with Crippen molar-refractivity contribution in [2.75, 3.05) is 20.3 Å². The lowest BCUT2D eigenvalue weighted by Crippen LogP contribution is -2.37. The molecule has 1 N–H and O–H groups in total. The zero-order valence-corrected chi connectivity index (χ0v) is 15.3. The van der Waals surface area contributed by atoms with Crippen LogP contribution in [0, 0.1) is 0 Å². The number of benzene rings is 2. The van der Waals surface area contributed by atoms with E-state index in [1.807, 2.05) is 54.6 Å². The number of aliphatic hydroxyl groups is 1. The summed E-state index contributed by atoms with van der Waals surface area (Å²) in [5.41, 5.74) is 3.07. The van der Waals surface area contributed by atoms with Crippen molar-refractivity contribution in [3.63, 3.8) is 0 Å². The van der Waals surface area contributed by atoms with E-state index in [1.54, 1.807) is 12.0 Å². The average molecular weight is 362 g/mol. The minimum absolute atomic E-state index is 0.0103. The second-order valence-electron chi connectivity index (χ2n) is 6.78. The average Bonchev–Trinajstić information content (AvgIpc) is 3.21. The van der Waals surface area contributed by atoms with Gasteiger partial charge in [-0.3, -0.25) is 4.79 Å². The van der Waals surface area contributed by atoms with E-state index >= 15 is 0 Å². The van der Waals surface area contributed by atoms with Gasteiger partial charge in [0.1, 0.15) is 5.75 Å². The number of methoxy groups -OCH3 is 1. The van der Waals surface area contributed by atoms with Gasteiger partial charge in [0.15, 0.2) is 0 Å². The van der Waals surface area contributed by atoms with Crippen molar-refractivity contribution in [3.8, 4) is 17.0 Å². The summed E-state index contributed by atoms with van der Waals surface area (Å²) in [6.45, 7) is 0.655. The molecule has 1 aliphatic rings. The number of carbonyl (C=O) groups excluding carboxylic acids is 1. The highest BCUT2D eigenvalue weighted by Gasteiger charge is 2.30. The first-order valence-corrected chi connectivity index (χ1v) is 9.17. The van der Waals surface area contributed by atoms with Crippen molar-refractivity contribution in [1.29, 1.82) is 0 Å². The molecule has 1 atom stereocenters. The fourth-order valence-electron chi connectivity index (χ4n) is 3.71. The van der Waals surface area contributed by atoms with E-state index in [2.05, 4.69) is 0 Å². The van der Waals surface area contributed by atoms with E-state index in [0.29, 0.717) is 17.9 Å². The fourth-order valence-corrected chi connectivity index (χ4v) is 3.71. The highest BCUT2D eigenvalue weighted by atomic mass is 16.5. The molecule has 27 heavy (non-hydrogen) atoms. The molecule has 0 saturated carbocycles. The predicted octanol–water partition coefficient (Wildman–Crippen LogP) is 3.51. The largest absolute Gasteiger partial charge is 0.497 e. The van der Waals surface area contributed by atoms with Gasteiger partial charge < -0.3 is 14.7 Å². The zero-order valence-electron chi connectivity index (χ0n) is 15.3. The molecule has 0 aliphatic carbocycles. The lowest BCUT2D eigenvalue weighted by molar-refractivity contribution is 0.0679. The number of nitrogens with zero attached hydrogens (tertiary/aromatic N) is 2. The number of aromatic nitrogens is 1. The molecule has 0 radical (unpaired) electrons. The highest BCUT2D eigenvalue weighted by Crippen LogP contribution is 2.30. The van der Waals surface area contributed by atoms with Gasteiger partial charge in [0, 0.05) is 17.5 Å². The van der Waals surface area contributed by atoms with Crippen LogP contribution in [0.25, 0.3) is 22.2 Å². The number of likely N-dealkylation sites (tertiary alicyclic amines) is 1. The first kappa shape index (κ1) is 17.5. The summed E-state index contributed by atoms with van der Waals surface area (Å²) >= 11 is 0. The number of rotatable bonds is 4. The van der Waals surface area contributed by atoms with E-state index in [4.69, 9.17) is 9.72 Å². The van der Waals surface area contributed by atoms with E-state index in [9.17, 15) is 9.90 Å². The van der Waals surface area contributed by atoms with Crippen molar-refractivity contribution in [1.82, 2.24) is 9.88 Å². The molecule has 0 unspecified atom stereocenters. The molecule has 5 nitrogen and oxygen atoms in total. The normalized spacial score (nSPS) is 16.7. The number of carbonyl (C=O) groups is 1. The third-order valence-corrected chi connectivity index (χ3v) is 5.16. The number of hydrogen-bond acceptors (Lipinski definition) is 4. The van der Waals surface area contributed by atoms with E-state index in [0.717, 1.165) is 35.0 Å².